The molecule has 3 amide bonds. The number of amides is 3. The summed E-state index contributed by atoms with van der Waals surface area (Å²) in [7, 11) is 1.45. The molecule has 2 aromatic carbocycles. The first-order valence-electron chi connectivity index (χ1n) is 7.88. The third-order valence-electron chi connectivity index (χ3n) is 3.52. The first-order chi connectivity index (χ1) is 12.7. The smallest absolute Gasteiger partial charge is 0.321 e. The first-order valence-corrected chi connectivity index (χ1v) is 8.76. The molecule has 1 unspecified atom stereocenters. The van der Waals surface area contributed by atoms with Crippen LogP contribution >= 0.6 is 11.8 Å². The zero-order valence-electron chi connectivity index (χ0n) is 14.0. The van der Waals surface area contributed by atoms with Crippen LogP contribution in [0.15, 0.2) is 72.1 Å². The van der Waals surface area contributed by atoms with Gasteiger partial charge in [-0.25, -0.2) is 14.5 Å². The van der Waals surface area contributed by atoms with Gasteiger partial charge in [-0.2, -0.15) is 0 Å². The molecule has 26 heavy (non-hydrogen) atoms. The lowest BCUT2D eigenvalue weighted by molar-refractivity contribution is -0.119. The minimum absolute atomic E-state index is 0.434. The molecule has 3 rings (SSSR count). The molecule has 7 nitrogen and oxygen atoms in total. The van der Waals surface area contributed by atoms with Crippen molar-refractivity contribution in [3.63, 3.8) is 0 Å². The number of nitrogens with one attached hydrogen (secondary N) is 2. The number of aromatic nitrogens is 3. The monoisotopic (exact) mass is 367 g/mol. The molecule has 0 saturated carbocycles. The summed E-state index contributed by atoms with van der Waals surface area (Å²) in [6, 6.07) is 18.2. The predicted molar refractivity (Wildman–Crippen MR) is 99.0 cm³/mol. The number of hydrogen-bond acceptors (Lipinski definition) is 5. The Kier molecular flexibility index (Phi) is 5.65. The van der Waals surface area contributed by atoms with E-state index in [0.717, 1.165) is 11.3 Å². The summed E-state index contributed by atoms with van der Waals surface area (Å²) in [5, 5.41) is 8.89. The first kappa shape index (κ1) is 17.7. The van der Waals surface area contributed by atoms with Crippen LogP contribution in [0.25, 0.3) is 5.69 Å². The molecule has 3 aromatic rings. The van der Waals surface area contributed by atoms with Crippen LogP contribution in [-0.2, 0) is 4.79 Å². The largest absolute Gasteiger partial charge is 0.341 e. The van der Waals surface area contributed by atoms with Crippen molar-refractivity contribution in [1.29, 1.82) is 0 Å². The number of nitrogens with zero attached hydrogens (tertiary/aromatic N) is 3. The van der Waals surface area contributed by atoms with E-state index in [1.54, 1.807) is 11.0 Å². The minimum atomic E-state index is -0.653. The quantitative estimate of drug-likeness (QED) is 0.677. The summed E-state index contributed by atoms with van der Waals surface area (Å²) >= 11 is 1.18. The van der Waals surface area contributed by atoms with Crippen LogP contribution < -0.4 is 10.6 Å². The molecule has 2 N–H and O–H groups in total. The van der Waals surface area contributed by atoms with E-state index in [4.69, 9.17) is 0 Å². The van der Waals surface area contributed by atoms with Gasteiger partial charge in [-0.1, -0.05) is 60.3 Å². The van der Waals surface area contributed by atoms with Crippen LogP contribution in [0.1, 0.15) is 10.8 Å². The van der Waals surface area contributed by atoms with Crippen molar-refractivity contribution in [3.05, 3.63) is 72.6 Å². The molecule has 0 spiro atoms. The van der Waals surface area contributed by atoms with Crippen molar-refractivity contribution in [3.8, 4) is 5.69 Å². The Bertz CT molecular complexity index is 883. The van der Waals surface area contributed by atoms with Crippen LogP contribution in [0.2, 0.25) is 0 Å². The van der Waals surface area contributed by atoms with Gasteiger partial charge in [-0.05, 0) is 17.7 Å². The second-order valence-corrected chi connectivity index (χ2v) is 6.36. The molecule has 0 saturated heterocycles. The van der Waals surface area contributed by atoms with Crippen LogP contribution in [0.4, 0.5) is 4.79 Å². The average molecular weight is 367 g/mol. The maximum absolute atomic E-state index is 12.5. The van der Waals surface area contributed by atoms with Gasteiger partial charge in [0.25, 0.3) is 0 Å². The number of carbonyl (C=O) groups is 2. The second-order valence-electron chi connectivity index (χ2n) is 5.28. The van der Waals surface area contributed by atoms with Crippen molar-refractivity contribution < 1.29 is 9.59 Å². The molecule has 0 aliphatic rings. The van der Waals surface area contributed by atoms with E-state index in [1.165, 1.54) is 18.8 Å². The zero-order chi connectivity index (χ0) is 18.4. The lowest BCUT2D eigenvalue weighted by Gasteiger charge is -2.14. The van der Waals surface area contributed by atoms with Gasteiger partial charge < -0.3 is 5.32 Å². The third kappa shape index (κ3) is 4.28. The molecule has 0 bridgehead atoms. The standard InChI is InChI=1S/C18H17N5O2S/c1-19-17(25)21-16(24)15(13-8-4-2-5-9-13)26-18-20-12-23(22-18)14-10-6-3-7-11-14/h2-12,15H,1H3,(H2,19,21,24,25). The van der Waals surface area contributed by atoms with Crippen molar-refractivity contribution in [1.82, 2.24) is 25.4 Å². The lowest BCUT2D eigenvalue weighted by Crippen LogP contribution is -2.39. The fraction of sp³-hybridized carbons (Fsp3) is 0.111. The van der Waals surface area contributed by atoms with Crippen LogP contribution in [0, 0.1) is 0 Å². The van der Waals surface area contributed by atoms with Gasteiger partial charge in [0.1, 0.15) is 11.6 Å². The number of imide groups is 1. The van der Waals surface area contributed by atoms with E-state index in [9.17, 15) is 9.59 Å². The van der Waals surface area contributed by atoms with Gasteiger partial charge in [-0.3, -0.25) is 10.1 Å². The van der Waals surface area contributed by atoms with E-state index >= 15 is 0 Å². The molecule has 1 aromatic heterocycles. The maximum Gasteiger partial charge on any atom is 0.321 e. The maximum atomic E-state index is 12.5. The number of urea groups is 1. The van der Waals surface area contributed by atoms with Gasteiger partial charge in [0, 0.05) is 7.05 Å². The molecule has 1 heterocycles. The van der Waals surface area contributed by atoms with E-state index in [0.29, 0.717) is 5.16 Å². The van der Waals surface area contributed by atoms with Crippen molar-refractivity contribution in [2.45, 2.75) is 10.4 Å². The zero-order valence-corrected chi connectivity index (χ0v) is 14.8. The highest BCUT2D eigenvalue weighted by Crippen LogP contribution is 2.33. The summed E-state index contributed by atoms with van der Waals surface area (Å²) in [6.07, 6.45) is 1.59. The fourth-order valence-electron chi connectivity index (χ4n) is 2.25. The molecular formula is C18H17N5O2S. The van der Waals surface area contributed by atoms with Gasteiger partial charge in [0.2, 0.25) is 11.1 Å². The number of thioether (sulfide) groups is 1. The molecular weight excluding hydrogens is 350 g/mol. The molecule has 0 radical (unpaired) electrons. The Balaban J connectivity index is 1.83. The summed E-state index contributed by atoms with van der Waals surface area (Å²) in [5.74, 6) is -0.434. The topological polar surface area (TPSA) is 88.9 Å². The Morgan fingerprint density at radius 3 is 2.35 bits per heavy atom. The Labute approximate surface area is 154 Å². The average Bonchev–Trinajstić information content (AvgIpc) is 3.16. The Hall–Kier alpha value is -3.13. The van der Waals surface area contributed by atoms with Gasteiger partial charge in [-0.15, -0.1) is 5.10 Å². The molecule has 132 valence electrons. The molecule has 0 aliphatic heterocycles. The fourth-order valence-corrected chi connectivity index (χ4v) is 3.17. The normalized spacial score (nSPS) is 11.6. The summed E-state index contributed by atoms with van der Waals surface area (Å²) < 4.78 is 1.64. The third-order valence-corrected chi connectivity index (χ3v) is 4.64. The highest BCUT2D eigenvalue weighted by atomic mass is 32.2. The molecule has 0 fully saturated rings. The Morgan fingerprint density at radius 1 is 1.04 bits per heavy atom. The van der Waals surface area contributed by atoms with E-state index in [-0.39, 0.29) is 0 Å². The summed E-state index contributed by atoms with van der Waals surface area (Å²) in [4.78, 5) is 28.3. The van der Waals surface area contributed by atoms with E-state index < -0.39 is 17.2 Å². The second kappa shape index (κ2) is 8.30. The predicted octanol–water partition coefficient (Wildman–Crippen LogP) is 2.56. The Morgan fingerprint density at radius 2 is 1.69 bits per heavy atom. The van der Waals surface area contributed by atoms with Crippen LogP contribution in [0.5, 0.6) is 0 Å². The van der Waals surface area contributed by atoms with E-state index in [2.05, 4.69) is 20.7 Å². The summed E-state index contributed by atoms with van der Waals surface area (Å²) in [5.41, 5.74) is 1.63. The van der Waals surface area contributed by atoms with Crippen molar-refractivity contribution in [2.75, 3.05) is 7.05 Å². The lowest BCUT2D eigenvalue weighted by atomic mass is 10.1. The van der Waals surface area contributed by atoms with Gasteiger partial charge >= 0.3 is 6.03 Å². The highest BCUT2D eigenvalue weighted by Gasteiger charge is 2.25. The molecule has 1 atom stereocenters. The van der Waals surface area contributed by atoms with Crippen molar-refractivity contribution >= 4 is 23.7 Å². The highest BCUT2D eigenvalue weighted by molar-refractivity contribution is 8.00. The number of benzene rings is 2. The minimum Gasteiger partial charge on any atom is -0.341 e. The van der Waals surface area contributed by atoms with Crippen LogP contribution in [-0.4, -0.2) is 33.8 Å². The summed E-state index contributed by atoms with van der Waals surface area (Å²) in [6.45, 7) is 0. The number of para-hydroxylation sites is 1. The van der Waals surface area contributed by atoms with Crippen molar-refractivity contribution in [2.24, 2.45) is 0 Å². The number of rotatable bonds is 5. The van der Waals surface area contributed by atoms with Crippen LogP contribution in [0.3, 0.4) is 0 Å². The number of carbonyl (C=O) groups excluding carboxylic acids is 2. The van der Waals surface area contributed by atoms with E-state index in [1.807, 2.05) is 60.7 Å². The molecule has 8 heteroatoms. The molecule has 0 aliphatic carbocycles. The SMILES string of the molecule is CNC(=O)NC(=O)C(Sc1ncn(-c2ccccc2)n1)c1ccccc1. The van der Waals surface area contributed by atoms with Gasteiger partial charge in [0.15, 0.2) is 0 Å². The van der Waals surface area contributed by atoms with Gasteiger partial charge in [0.05, 0.1) is 5.69 Å². The number of hydrogen-bond donors (Lipinski definition) is 2.